The van der Waals surface area contributed by atoms with Gasteiger partial charge in [0.1, 0.15) is 0 Å². The summed E-state index contributed by atoms with van der Waals surface area (Å²) in [6.07, 6.45) is 6.99. The number of carbonyl (C=O) groups excluding carboxylic acids is 2. The van der Waals surface area contributed by atoms with Gasteiger partial charge in [-0.1, -0.05) is 29.3 Å². The van der Waals surface area contributed by atoms with Crippen molar-refractivity contribution in [2.45, 2.75) is 18.9 Å². The van der Waals surface area contributed by atoms with Crippen LogP contribution in [0.2, 0.25) is 0 Å². The van der Waals surface area contributed by atoms with Gasteiger partial charge in [-0.05, 0) is 36.0 Å². The Hall–Kier alpha value is -3.99. The van der Waals surface area contributed by atoms with Crippen LogP contribution >= 0.6 is 0 Å². The Morgan fingerprint density at radius 3 is 2.94 bits per heavy atom. The fourth-order valence-corrected chi connectivity index (χ4v) is 4.83. The maximum atomic E-state index is 12.1. The van der Waals surface area contributed by atoms with Gasteiger partial charge in [0.05, 0.1) is 19.4 Å². The van der Waals surface area contributed by atoms with Gasteiger partial charge in [-0.15, -0.1) is 0 Å². The van der Waals surface area contributed by atoms with Crippen molar-refractivity contribution in [2.75, 3.05) is 17.7 Å². The summed E-state index contributed by atoms with van der Waals surface area (Å²) >= 11 is 0. The third-order valence-corrected chi connectivity index (χ3v) is 6.19. The van der Waals surface area contributed by atoms with Crippen molar-refractivity contribution < 1.29 is 19.4 Å². The second kappa shape index (κ2) is 8.51. The summed E-state index contributed by atoms with van der Waals surface area (Å²) in [6, 6.07) is 7.28. The number of nitrogens with zero attached hydrogens (tertiary/aromatic N) is 2. The number of carbonyl (C=O) groups is 2. The molecule has 2 heterocycles. The average molecular weight is 449 g/mol. The van der Waals surface area contributed by atoms with Crippen LogP contribution in [0.5, 0.6) is 0 Å². The average Bonchev–Trinajstić information content (AvgIpc) is 3.50. The summed E-state index contributed by atoms with van der Waals surface area (Å²) in [4.78, 5) is 44.0. The molecule has 170 valence electrons. The molecular formula is C22H25N8O3+. The standard InChI is InChI=1S/C22H24N8O3/c1-33-30-15(31)8-11-3-2-4-14(7-11)26-22-28-20-18(24-10-25-20)21(29-22)27-17-13-6-5-12(9-13)16(17)19(23)32/h2-7,10,12-13,16-17H,8-9H2,1H3,(H2,23,32)(H,30,31)(H3,24,25,26,27,28,29)/p+1. The Kier molecular flexibility index (Phi) is 5.38. The van der Waals surface area contributed by atoms with E-state index in [1.165, 1.54) is 7.11 Å². The number of benzene rings is 1. The molecule has 3 aromatic rings. The van der Waals surface area contributed by atoms with Gasteiger partial charge < -0.3 is 16.4 Å². The van der Waals surface area contributed by atoms with E-state index < -0.39 is 0 Å². The molecule has 4 unspecified atom stereocenters. The van der Waals surface area contributed by atoms with Gasteiger partial charge in [0.15, 0.2) is 12.1 Å². The first-order chi connectivity index (χ1) is 16.0. The van der Waals surface area contributed by atoms with Crippen LogP contribution in [0, 0.1) is 17.8 Å². The number of anilines is 3. The fourth-order valence-electron chi connectivity index (χ4n) is 4.83. The molecule has 0 saturated heterocycles. The Balaban J connectivity index is 1.40. The Labute approximate surface area is 189 Å². The smallest absolute Gasteiger partial charge is 0.307 e. The number of imidazole rings is 1. The van der Waals surface area contributed by atoms with Crippen LogP contribution in [0.15, 0.2) is 42.7 Å². The molecule has 2 aliphatic carbocycles. The van der Waals surface area contributed by atoms with E-state index in [2.05, 4.69) is 53.0 Å². The van der Waals surface area contributed by atoms with E-state index in [0.29, 0.717) is 22.9 Å². The minimum atomic E-state index is -0.305. The Morgan fingerprint density at radius 2 is 2.12 bits per heavy atom. The number of hydrogen-bond donors (Lipinski definition) is 5. The summed E-state index contributed by atoms with van der Waals surface area (Å²) in [5.74, 6) is 0.501. The topological polar surface area (TPSA) is 161 Å². The molecule has 11 nitrogen and oxygen atoms in total. The lowest BCUT2D eigenvalue weighted by molar-refractivity contribution is -0.347. The number of aromatic nitrogens is 4. The van der Waals surface area contributed by atoms with Crippen LogP contribution in [-0.2, 0) is 20.8 Å². The van der Waals surface area contributed by atoms with E-state index in [1.807, 2.05) is 24.3 Å². The third-order valence-electron chi connectivity index (χ3n) is 6.19. The van der Waals surface area contributed by atoms with E-state index in [1.54, 1.807) is 6.33 Å². The van der Waals surface area contributed by atoms with Crippen LogP contribution in [-0.4, -0.2) is 39.9 Å². The molecule has 1 aromatic carbocycles. The molecule has 0 aliphatic heterocycles. The van der Waals surface area contributed by atoms with Crippen molar-refractivity contribution in [3.8, 4) is 0 Å². The summed E-state index contributed by atoms with van der Waals surface area (Å²) in [5, 5.41) is 6.65. The highest BCUT2D eigenvalue weighted by molar-refractivity contribution is 5.84. The molecule has 4 atom stereocenters. The second-order valence-corrected chi connectivity index (χ2v) is 8.33. The molecule has 33 heavy (non-hydrogen) atoms. The SMILES string of the molecule is CONC(=O)Cc1cccc(Nc2nc(NC3C4C=CC(C4)C3C(N)=O)c3[nH]c[nH+]c3n2)c1. The summed E-state index contributed by atoms with van der Waals surface area (Å²) in [5.41, 5.74) is 10.9. The number of rotatable bonds is 8. The first kappa shape index (κ1) is 20.9. The zero-order valence-corrected chi connectivity index (χ0v) is 18.0. The number of fused-ring (bicyclic) bond motifs is 3. The molecule has 7 N–H and O–H groups in total. The van der Waals surface area contributed by atoms with Crippen LogP contribution < -0.4 is 26.8 Å². The molecular weight excluding hydrogens is 424 g/mol. The zero-order valence-electron chi connectivity index (χ0n) is 18.0. The summed E-state index contributed by atoms with van der Waals surface area (Å²) in [7, 11) is 1.39. The first-order valence-electron chi connectivity index (χ1n) is 10.7. The van der Waals surface area contributed by atoms with E-state index in [-0.39, 0.29) is 42.0 Å². The van der Waals surface area contributed by atoms with Crippen LogP contribution in [0.1, 0.15) is 12.0 Å². The normalized spacial score (nSPS) is 23.1. The quantitative estimate of drug-likeness (QED) is 0.251. The molecule has 5 rings (SSSR count). The highest BCUT2D eigenvalue weighted by atomic mass is 16.6. The number of amides is 2. The van der Waals surface area contributed by atoms with E-state index in [9.17, 15) is 9.59 Å². The molecule has 1 fully saturated rings. The van der Waals surface area contributed by atoms with Crippen LogP contribution in [0.3, 0.4) is 0 Å². The van der Waals surface area contributed by atoms with Gasteiger partial charge in [0.2, 0.25) is 17.3 Å². The predicted molar refractivity (Wildman–Crippen MR) is 120 cm³/mol. The fraction of sp³-hybridized carbons (Fsp3) is 0.318. The van der Waals surface area contributed by atoms with E-state index in [0.717, 1.165) is 17.7 Å². The molecule has 11 heteroatoms. The molecule has 1 saturated carbocycles. The van der Waals surface area contributed by atoms with Gasteiger partial charge in [-0.2, -0.15) is 4.98 Å². The third kappa shape index (κ3) is 4.10. The molecule has 0 spiro atoms. The first-order valence-corrected chi connectivity index (χ1v) is 10.7. The van der Waals surface area contributed by atoms with Gasteiger partial charge in [-0.3, -0.25) is 19.4 Å². The largest absolute Gasteiger partial charge is 0.369 e. The van der Waals surface area contributed by atoms with Crippen molar-refractivity contribution >= 4 is 40.4 Å². The lowest BCUT2D eigenvalue weighted by Gasteiger charge is -2.26. The molecule has 2 bridgehead atoms. The number of hydroxylamine groups is 1. The molecule has 2 aromatic heterocycles. The number of nitrogens with two attached hydrogens (primary N) is 1. The van der Waals surface area contributed by atoms with Gasteiger partial charge in [-0.25, -0.2) is 10.5 Å². The highest BCUT2D eigenvalue weighted by Crippen LogP contribution is 2.45. The minimum Gasteiger partial charge on any atom is -0.369 e. The molecule has 0 radical (unpaired) electrons. The second-order valence-electron chi connectivity index (χ2n) is 8.33. The van der Waals surface area contributed by atoms with Crippen molar-refractivity contribution in [3.05, 3.63) is 48.3 Å². The predicted octanol–water partition coefficient (Wildman–Crippen LogP) is 0.824. The summed E-state index contributed by atoms with van der Waals surface area (Å²) < 4.78 is 0. The maximum absolute atomic E-state index is 12.1. The van der Waals surface area contributed by atoms with Crippen molar-refractivity contribution in [3.63, 3.8) is 0 Å². The maximum Gasteiger partial charge on any atom is 0.307 e. The Bertz CT molecular complexity index is 1240. The van der Waals surface area contributed by atoms with Crippen molar-refractivity contribution in [1.29, 1.82) is 0 Å². The Morgan fingerprint density at radius 1 is 1.27 bits per heavy atom. The van der Waals surface area contributed by atoms with Gasteiger partial charge >= 0.3 is 11.6 Å². The highest BCUT2D eigenvalue weighted by Gasteiger charge is 2.47. The zero-order chi connectivity index (χ0) is 22.9. The van der Waals surface area contributed by atoms with Crippen molar-refractivity contribution in [1.82, 2.24) is 20.4 Å². The number of aromatic amines is 2. The minimum absolute atomic E-state index is 0.130. The number of primary amides is 1. The number of H-pyrrole nitrogens is 2. The van der Waals surface area contributed by atoms with Gasteiger partial charge in [0, 0.05) is 11.7 Å². The van der Waals surface area contributed by atoms with Gasteiger partial charge in [0.25, 0.3) is 0 Å². The van der Waals surface area contributed by atoms with Crippen LogP contribution in [0.25, 0.3) is 11.2 Å². The molecule has 2 amide bonds. The molecule has 2 aliphatic rings. The number of hydrogen-bond acceptors (Lipinski definition) is 7. The van der Waals surface area contributed by atoms with E-state index >= 15 is 0 Å². The van der Waals surface area contributed by atoms with Crippen molar-refractivity contribution in [2.24, 2.45) is 23.5 Å². The monoisotopic (exact) mass is 449 g/mol. The van der Waals surface area contributed by atoms with E-state index in [4.69, 9.17) is 5.73 Å². The lowest BCUT2D eigenvalue weighted by atomic mass is 9.88. The van der Waals surface area contributed by atoms with Crippen LogP contribution in [0.4, 0.5) is 17.5 Å². The number of nitrogens with one attached hydrogen (secondary N) is 5. The number of allylic oxidation sites excluding steroid dienone is 1. The lowest BCUT2D eigenvalue weighted by Crippen LogP contribution is -2.41. The summed E-state index contributed by atoms with van der Waals surface area (Å²) in [6.45, 7) is 0.